The Kier molecular flexibility index (Phi) is 8.51. The fourth-order valence-corrected chi connectivity index (χ4v) is 7.15. The van der Waals surface area contributed by atoms with Crippen molar-refractivity contribution in [2.45, 2.75) is 59.5 Å². The Balaban J connectivity index is 0.972. The van der Waals surface area contributed by atoms with Crippen LogP contribution in [0.1, 0.15) is 74.6 Å². The van der Waals surface area contributed by atoms with Crippen molar-refractivity contribution in [3.05, 3.63) is 112 Å². The lowest BCUT2D eigenvalue weighted by Gasteiger charge is -2.26. The molecule has 11 heteroatoms. The van der Waals surface area contributed by atoms with Crippen LogP contribution in [0.25, 0.3) is 11.1 Å². The Morgan fingerprint density at radius 1 is 0.922 bits per heavy atom. The van der Waals surface area contributed by atoms with Gasteiger partial charge in [-0.15, -0.1) is 0 Å². The van der Waals surface area contributed by atoms with E-state index in [-0.39, 0.29) is 17.5 Å². The largest absolute Gasteiger partial charge is 0.379 e. The molecule has 51 heavy (non-hydrogen) atoms. The first-order valence-electron chi connectivity index (χ1n) is 17.7. The molecule has 0 atom stereocenters. The highest BCUT2D eigenvalue weighted by atomic mass is 16.7. The molecular formula is C40H42N8O3. The van der Waals surface area contributed by atoms with Gasteiger partial charge in [0.15, 0.2) is 11.6 Å². The van der Waals surface area contributed by atoms with Crippen LogP contribution in [0, 0.1) is 19.8 Å². The minimum absolute atomic E-state index is 0.223. The van der Waals surface area contributed by atoms with Crippen molar-refractivity contribution >= 4 is 28.9 Å². The molecule has 5 heterocycles. The van der Waals surface area contributed by atoms with Gasteiger partial charge < -0.3 is 20.0 Å². The zero-order valence-corrected chi connectivity index (χ0v) is 29.5. The van der Waals surface area contributed by atoms with E-state index in [1.807, 2.05) is 74.0 Å². The number of nitrogens with zero attached hydrogens (tertiary/aromatic N) is 6. The van der Waals surface area contributed by atoms with Gasteiger partial charge in [-0.2, -0.15) is 0 Å². The van der Waals surface area contributed by atoms with Crippen LogP contribution < -0.4 is 20.5 Å². The molecule has 0 saturated heterocycles. The van der Waals surface area contributed by atoms with Crippen molar-refractivity contribution in [1.82, 2.24) is 24.4 Å². The van der Waals surface area contributed by atoms with E-state index in [0.29, 0.717) is 23.8 Å². The molecule has 0 unspecified atom stereocenters. The Labute approximate surface area is 297 Å². The van der Waals surface area contributed by atoms with Crippen LogP contribution in [-0.4, -0.2) is 49.3 Å². The second-order valence-electron chi connectivity index (χ2n) is 13.8. The number of amides is 2. The highest BCUT2D eigenvalue weighted by molar-refractivity contribution is 6.05. The Morgan fingerprint density at radius 2 is 1.65 bits per heavy atom. The summed E-state index contributed by atoms with van der Waals surface area (Å²) in [5.41, 5.74) is 10.3. The van der Waals surface area contributed by atoms with Crippen molar-refractivity contribution < 1.29 is 14.4 Å². The monoisotopic (exact) mass is 682 g/mol. The van der Waals surface area contributed by atoms with Crippen molar-refractivity contribution in [2.24, 2.45) is 13.0 Å². The SMILES string of the molecule is CCc1cc(N2Cc3cnc(C(=O)Nc4cccc(-c5cccc(NC(=O)c6nc7c(n6C)CCN(CC6CC6)C7)c5C)c4C)cc3O2)ccn1. The van der Waals surface area contributed by atoms with Gasteiger partial charge in [-0.05, 0) is 85.5 Å². The highest BCUT2D eigenvalue weighted by Gasteiger charge is 2.30. The number of nitrogens with one attached hydrogen (secondary N) is 2. The van der Waals surface area contributed by atoms with Gasteiger partial charge in [0.05, 0.1) is 17.9 Å². The third kappa shape index (κ3) is 6.45. The molecular weight excluding hydrogens is 640 g/mol. The van der Waals surface area contributed by atoms with Crippen molar-refractivity contribution in [1.29, 1.82) is 0 Å². The number of benzene rings is 2. The van der Waals surface area contributed by atoms with Crippen LogP contribution in [-0.2, 0) is 33.0 Å². The summed E-state index contributed by atoms with van der Waals surface area (Å²) in [6.45, 7) is 9.51. The number of rotatable bonds is 9. The standard InChI is InChI=1S/C40H42N8O3/c1-5-28-18-29(14-16-41-28)48-22-27-20-42-34(19-37(27)51-48)39(49)44-32-10-6-8-30(24(32)2)31-9-7-11-33(25(31)3)45-40(50)38-43-35-23-47(21-26-12-13-26)17-15-36(35)46(38)4/h6-11,14,16,18-20,26H,5,12-13,15,17,21-23H2,1-4H3,(H,44,49)(H,45,50). The first-order valence-corrected chi connectivity index (χ1v) is 17.7. The molecule has 2 N–H and O–H groups in total. The van der Waals surface area contributed by atoms with Crippen LogP contribution >= 0.6 is 0 Å². The van der Waals surface area contributed by atoms with E-state index in [4.69, 9.17) is 9.82 Å². The normalized spacial score (nSPS) is 15.3. The van der Waals surface area contributed by atoms with E-state index < -0.39 is 0 Å². The Bertz CT molecular complexity index is 2170. The van der Waals surface area contributed by atoms with Gasteiger partial charge >= 0.3 is 0 Å². The van der Waals surface area contributed by atoms with E-state index in [0.717, 1.165) is 94.7 Å². The minimum Gasteiger partial charge on any atom is -0.379 e. The quantitative estimate of drug-likeness (QED) is 0.178. The van der Waals surface area contributed by atoms with E-state index in [2.05, 4.69) is 32.4 Å². The molecule has 8 rings (SSSR count). The van der Waals surface area contributed by atoms with Crippen LogP contribution in [0.15, 0.2) is 67.0 Å². The number of aryl methyl sites for hydroxylation is 1. The van der Waals surface area contributed by atoms with Crippen LogP contribution in [0.4, 0.5) is 17.1 Å². The van der Waals surface area contributed by atoms with Crippen LogP contribution in [0.5, 0.6) is 5.75 Å². The maximum absolute atomic E-state index is 13.6. The summed E-state index contributed by atoms with van der Waals surface area (Å²) in [5.74, 6) is 1.31. The molecule has 1 fully saturated rings. The highest BCUT2D eigenvalue weighted by Crippen LogP contribution is 2.36. The lowest BCUT2D eigenvalue weighted by atomic mass is 9.94. The lowest BCUT2D eigenvalue weighted by Crippen LogP contribution is -2.32. The van der Waals surface area contributed by atoms with E-state index in [1.54, 1.807) is 23.5 Å². The van der Waals surface area contributed by atoms with Crippen molar-refractivity contribution in [3.8, 4) is 16.9 Å². The summed E-state index contributed by atoms with van der Waals surface area (Å²) >= 11 is 0. The van der Waals surface area contributed by atoms with E-state index >= 15 is 0 Å². The molecule has 2 aliphatic heterocycles. The van der Waals surface area contributed by atoms with Gasteiger partial charge in [-0.25, -0.2) is 10.0 Å². The number of anilines is 3. The number of pyridine rings is 2. The predicted molar refractivity (Wildman–Crippen MR) is 197 cm³/mol. The van der Waals surface area contributed by atoms with Crippen molar-refractivity contribution in [3.63, 3.8) is 0 Å². The number of hydrogen-bond donors (Lipinski definition) is 2. The predicted octanol–water partition coefficient (Wildman–Crippen LogP) is 6.64. The molecule has 3 aromatic heterocycles. The minimum atomic E-state index is -0.330. The molecule has 1 saturated carbocycles. The average molecular weight is 683 g/mol. The van der Waals surface area contributed by atoms with Gasteiger partial charge in [0, 0.05) is 79.9 Å². The second-order valence-corrected chi connectivity index (χ2v) is 13.8. The molecule has 0 bridgehead atoms. The van der Waals surface area contributed by atoms with Crippen molar-refractivity contribution in [2.75, 3.05) is 28.8 Å². The number of aromatic nitrogens is 4. The maximum Gasteiger partial charge on any atom is 0.291 e. The second kappa shape index (κ2) is 13.3. The molecule has 11 nitrogen and oxygen atoms in total. The zero-order valence-electron chi connectivity index (χ0n) is 29.5. The number of imidazole rings is 1. The average Bonchev–Trinajstić information content (AvgIpc) is 3.75. The zero-order chi connectivity index (χ0) is 35.2. The summed E-state index contributed by atoms with van der Waals surface area (Å²) in [4.78, 5) is 49.3. The molecule has 260 valence electrons. The number of fused-ring (bicyclic) bond motifs is 2. The lowest BCUT2D eigenvalue weighted by molar-refractivity contribution is 0.100. The molecule has 2 aromatic carbocycles. The van der Waals surface area contributed by atoms with Crippen LogP contribution in [0.3, 0.4) is 0 Å². The van der Waals surface area contributed by atoms with E-state index in [9.17, 15) is 9.59 Å². The molecule has 2 amide bonds. The Hall–Kier alpha value is -5.55. The summed E-state index contributed by atoms with van der Waals surface area (Å²) in [6, 6.07) is 17.3. The summed E-state index contributed by atoms with van der Waals surface area (Å²) in [6.07, 6.45) is 7.86. The number of hydroxylamine groups is 1. The first-order chi connectivity index (χ1) is 24.7. The third-order valence-electron chi connectivity index (χ3n) is 10.4. The summed E-state index contributed by atoms with van der Waals surface area (Å²) in [7, 11) is 1.94. The fourth-order valence-electron chi connectivity index (χ4n) is 7.15. The number of carbonyl (C=O) groups is 2. The fraction of sp³-hybridized carbons (Fsp3) is 0.325. The molecule has 0 spiro atoms. The molecule has 5 aromatic rings. The number of hydrogen-bond acceptors (Lipinski definition) is 8. The van der Waals surface area contributed by atoms with Gasteiger partial charge in [-0.1, -0.05) is 31.2 Å². The summed E-state index contributed by atoms with van der Waals surface area (Å²) < 4.78 is 1.95. The maximum atomic E-state index is 13.6. The smallest absolute Gasteiger partial charge is 0.291 e. The van der Waals surface area contributed by atoms with Gasteiger partial charge in [-0.3, -0.25) is 24.5 Å². The molecule has 0 radical (unpaired) electrons. The summed E-state index contributed by atoms with van der Waals surface area (Å²) in [5, 5.41) is 7.98. The number of carbonyl (C=O) groups excluding carboxylic acids is 2. The van der Waals surface area contributed by atoms with Gasteiger partial charge in [0.25, 0.3) is 11.8 Å². The third-order valence-corrected chi connectivity index (χ3v) is 10.4. The Morgan fingerprint density at radius 3 is 2.35 bits per heavy atom. The first kappa shape index (κ1) is 32.6. The van der Waals surface area contributed by atoms with Gasteiger partial charge in [0.1, 0.15) is 5.69 Å². The molecule has 1 aliphatic carbocycles. The van der Waals surface area contributed by atoms with Gasteiger partial charge in [0.2, 0.25) is 0 Å². The topological polar surface area (TPSA) is 118 Å². The van der Waals surface area contributed by atoms with E-state index in [1.165, 1.54) is 12.8 Å². The van der Waals surface area contributed by atoms with Crippen LogP contribution in [0.2, 0.25) is 0 Å². The molecule has 3 aliphatic rings.